The van der Waals surface area contributed by atoms with E-state index in [4.69, 9.17) is 9.94 Å². The number of rotatable bonds is 9. The fraction of sp³-hybridized carbons (Fsp3) is 0.158. The normalized spacial score (nSPS) is 11.2. The van der Waals surface area contributed by atoms with E-state index in [1.165, 1.54) is 0 Å². The van der Waals surface area contributed by atoms with Gasteiger partial charge in [-0.05, 0) is 11.1 Å². The van der Waals surface area contributed by atoms with Crippen LogP contribution < -0.4 is 10.8 Å². The first-order valence-electron chi connectivity index (χ1n) is 7.83. The first kappa shape index (κ1) is 19.1. The van der Waals surface area contributed by atoms with Gasteiger partial charge in [0.05, 0.1) is 12.2 Å². The predicted octanol–water partition coefficient (Wildman–Crippen LogP) is 1.19. The minimum Gasteiger partial charge on any atom is -0.480 e. The number of hydrogen-bond acceptors (Lipinski definition) is 5. The smallest absolute Gasteiger partial charge is 0.322 e. The largest absolute Gasteiger partial charge is 0.480 e. The Balaban J connectivity index is 2.13. The second-order valence-corrected chi connectivity index (χ2v) is 5.32. The quantitative estimate of drug-likeness (QED) is 0.462. The maximum atomic E-state index is 12.3. The van der Waals surface area contributed by atoms with E-state index in [-0.39, 0.29) is 12.2 Å². The zero-order valence-electron chi connectivity index (χ0n) is 13.8. The van der Waals surface area contributed by atoms with Crippen LogP contribution in [0, 0.1) is 0 Å². The van der Waals surface area contributed by atoms with E-state index in [0.717, 1.165) is 5.56 Å². The molecule has 26 heavy (non-hydrogen) atoms. The number of carboxylic acids is 1. The number of hydroxylamine groups is 1. The number of aliphatic carboxylic acids is 1. The van der Waals surface area contributed by atoms with E-state index < -0.39 is 24.5 Å². The van der Waals surface area contributed by atoms with E-state index in [1.807, 2.05) is 30.3 Å². The molecule has 0 spiro atoms. The van der Waals surface area contributed by atoms with Gasteiger partial charge in [0.1, 0.15) is 18.5 Å². The van der Waals surface area contributed by atoms with Crippen LogP contribution >= 0.6 is 0 Å². The Morgan fingerprint density at radius 1 is 1.04 bits per heavy atom. The van der Waals surface area contributed by atoms with Crippen LogP contribution in [0.15, 0.2) is 60.7 Å². The molecule has 0 saturated carbocycles. The van der Waals surface area contributed by atoms with Crippen LogP contribution in [0.1, 0.15) is 11.1 Å². The van der Waals surface area contributed by atoms with E-state index >= 15 is 0 Å². The fourth-order valence-corrected chi connectivity index (χ4v) is 2.19. The molecule has 0 bridgehead atoms. The Morgan fingerprint density at radius 3 is 2.23 bits per heavy atom. The summed E-state index contributed by atoms with van der Waals surface area (Å²) in [4.78, 5) is 39.9. The highest BCUT2D eigenvalue weighted by Crippen LogP contribution is 2.16. The Kier molecular flexibility index (Phi) is 7.27. The van der Waals surface area contributed by atoms with Crippen LogP contribution in [0.25, 0.3) is 5.57 Å². The van der Waals surface area contributed by atoms with Gasteiger partial charge in [0.2, 0.25) is 5.91 Å². The molecule has 7 heteroatoms. The summed E-state index contributed by atoms with van der Waals surface area (Å²) in [6.45, 7) is -0.416. The third-order valence-corrected chi connectivity index (χ3v) is 3.44. The summed E-state index contributed by atoms with van der Waals surface area (Å²) in [5.74, 6) is -0.150. The highest BCUT2D eigenvalue weighted by atomic mass is 16.6. The molecule has 1 amide bonds. The van der Waals surface area contributed by atoms with Crippen LogP contribution in [0.2, 0.25) is 0 Å². The third-order valence-electron chi connectivity index (χ3n) is 3.44. The molecule has 0 aliphatic carbocycles. The number of hydrogen-bond donors (Lipinski definition) is 3. The van der Waals surface area contributed by atoms with E-state index in [2.05, 4.69) is 10.8 Å². The second-order valence-electron chi connectivity index (χ2n) is 5.32. The molecular formula is C19H18N2O5. The minimum absolute atomic E-state index is 0.0153. The monoisotopic (exact) mass is 354 g/mol. The average Bonchev–Trinajstić information content (AvgIpc) is 2.67. The molecule has 0 unspecified atom stereocenters. The van der Waals surface area contributed by atoms with Crippen LogP contribution in [0.4, 0.5) is 0 Å². The highest BCUT2D eigenvalue weighted by Gasteiger charge is 2.26. The molecule has 2 aromatic rings. The highest BCUT2D eigenvalue weighted by molar-refractivity contribution is 6.04. The molecule has 7 nitrogen and oxygen atoms in total. The molecule has 3 N–H and O–H groups in total. The molecule has 134 valence electrons. The number of benzene rings is 2. The van der Waals surface area contributed by atoms with Crippen molar-refractivity contribution >= 4 is 23.4 Å². The maximum absolute atomic E-state index is 12.3. The average molecular weight is 354 g/mol. The summed E-state index contributed by atoms with van der Waals surface area (Å²) in [7, 11) is 0. The van der Waals surface area contributed by atoms with Gasteiger partial charge in [-0.3, -0.25) is 14.4 Å². The van der Waals surface area contributed by atoms with Gasteiger partial charge in [0.25, 0.3) is 0 Å². The van der Waals surface area contributed by atoms with Gasteiger partial charge in [-0.2, -0.15) is 5.48 Å². The molecule has 0 saturated heterocycles. The zero-order valence-corrected chi connectivity index (χ0v) is 13.8. The van der Waals surface area contributed by atoms with Crippen molar-refractivity contribution in [3.8, 4) is 0 Å². The third kappa shape index (κ3) is 5.68. The lowest BCUT2D eigenvalue weighted by molar-refractivity contribution is -0.138. The number of carbonyl (C=O) groups excluding carboxylic acids is 2. The number of carbonyl (C=O) groups is 2. The van der Waals surface area contributed by atoms with Gasteiger partial charge < -0.3 is 10.4 Å². The fourth-order valence-electron chi connectivity index (χ4n) is 2.19. The Morgan fingerprint density at radius 2 is 1.65 bits per heavy atom. The van der Waals surface area contributed by atoms with Gasteiger partial charge in [0, 0.05) is 0 Å². The first-order valence-corrected chi connectivity index (χ1v) is 7.83. The summed E-state index contributed by atoms with van der Waals surface area (Å²) in [6, 6.07) is 16.5. The molecule has 1 atom stereocenters. The summed E-state index contributed by atoms with van der Waals surface area (Å²) in [6.07, 6.45) is 0. The molecule has 0 heterocycles. The standard InChI is InChI=1S/C19H18N2O5/c22-12-16(15-9-5-2-6-10-15)18(19(25)20-11-17(23)24)21-26-13-14-7-3-1-4-8-14/h1-10,18,21H,11,13H2,(H,20,25)(H,23,24)/t18-/m0/s1. The van der Waals surface area contributed by atoms with Gasteiger partial charge in [-0.25, -0.2) is 4.79 Å². The van der Waals surface area contributed by atoms with Crippen LogP contribution in [0.3, 0.4) is 0 Å². The van der Waals surface area contributed by atoms with E-state index in [0.29, 0.717) is 5.56 Å². The minimum atomic E-state index is -1.21. The van der Waals surface area contributed by atoms with Crippen LogP contribution in [-0.2, 0) is 25.8 Å². The van der Waals surface area contributed by atoms with Crippen molar-refractivity contribution in [2.45, 2.75) is 12.6 Å². The zero-order chi connectivity index (χ0) is 18.8. The first-order chi connectivity index (χ1) is 12.6. The van der Waals surface area contributed by atoms with E-state index in [1.54, 1.807) is 36.3 Å². The summed E-state index contributed by atoms with van der Waals surface area (Å²) >= 11 is 0. The van der Waals surface area contributed by atoms with Crippen molar-refractivity contribution in [3.05, 3.63) is 71.8 Å². The molecule has 2 rings (SSSR count). The van der Waals surface area contributed by atoms with Crippen LogP contribution in [-0.4, -0.2) is 35.5 Å². The summed E-state index contributed by atoms with van der Waals surface area (Å²) in [5.41, 5.74) is 3.89. The summed E-state index contributed by atoms with van der Waals surface area (Å²) in [5, 5.41) is 11.0. The number of nitrogens with one attached hydrogen (secondary N) is 2. The van der Waals surface area contributed by atoms with E-state index in [9.17, 15) is 14.4 Å². The topological polar surface area (TPSA) is 105 Å². The Hall–Kier alpha value is -3.25. The molecule has 0 radical (unpaired) electrons. The van der Waals surface area contributed by atoms with Gasteiger partial charge in [-0.1, -0.05) is 60.7 Å². The lowest BCUT2D eigenvalue weighted by atomic mass is 10.00. The predicted molar refractivity (Wildman–Crippen MR) is 94.3 cm³/mol. The molecule has 0 aliphatic heterocycles. The van der Waals surface area contributed by atoms with Crippen molar-refractivity contribution in [1.82, 2.24) is 10.8 Å². The van der Waals surface area contributed by atoms with Crippen LogP contribution in [0.5, 0.6) is 0 Å². The molecule has 0 fully saturated rings. The lowest BCUT2D eigenvalue weighted by Gasteiger charge is -2.19. The number of carboxylic acid groups (broad SMARTS) is 1. The maximum Gasteiger partial charge on any atom is 0.322 e. The Labute approximate surface area is 150 Å². The Bertz CT molecular complexity index is 786. The second kappa shape index (κ2) is 9.90. The van der Waals surface area contributed by atoms with Crippen molar-refractivity contribution in [2.24, 2.45) is 0 Å². The number of amides is 1. The molecule has 2 aromatic carbocycles. The molecule has 0 aromatic heterocycles. The summed E-state index contributed by atoms with van der Waals surface area (Å²) < 4.78 is 0. The molecule has 0 aliphatic rings. The van der Waals surface area contributed by atoms with Crippen molar-refractivity contribution in [3.63, 3.8) is 0 Å². The lowest BCUT2D eigenvalue weighted by Crippen LogP contribution is -2.46. The molecular weight excluding hydrogens is 336 g/mol. The van der Waals surface area contributed by atoms with Crippen molar-refractivity contribution in [1.29, 1.82) is 0 Å². The van der Waals surface area contributed by atoms with Gasteiger partial charge >= 0.3 is 5.97 Å². The van der Waals surface area contributed by atoms with Crippen molar-refractivity contribution < 1.29 is 24.3 Å². The SMILES string of the molecule is O=C=C(c1ccccc1)[C@H](NOCc1ccccc1)C(=O)NCC(=O)O. The van der Waals surface area contributed by atoms with Crippen molar-refractivity contribution in [2.75, 3.05) is 6.54 Å². The van der Waals surface area contributed by atoms with Gasteiger partial charge in [0.15, 0.2) is 0 Å². The van der Waals surface area contributed by atoms with Gasteiger partial charge in [-0.15, -0.1) is 0 Å².